The molecule has 0 aromatic carbocycles. The van der Waals surface area contributed by atoms with Gasteiger partial charge in [-0.2, -0.15) is 0 Å². The Kier molecular flexibility index (Phi) is 13.2. The maximum atomic E-state index is 11.6. The molecule has 0 atom stereocenters. The van der Waals surface area contributed by atoms with Crippen LogP contribution in [0.3, 0.4) is 0 Å². The number of nitrogens with zero attached hydrogens (tertiary/aromatic N) is 2. The standard InChI is InChI=1S/C17H32N4O.HI/c1-4-5-6-7-8-14-21(3)17(18-2)19-13-9-10-16(22)20-15-11-12-15;/h4,15H,1,5-14H2,2-3H3,(H,18,19)(H,20,22);1H. The van der Waals surface area contributed by atoms with Crippen LogP contribution in [-0.4, -0.2) is 50.0 Å². The zero-order valence-electron chi connectivity index (χ0n) is 14.6. The molecule has 0 bridgehead atoms. The smallest absolute Gasteiger partial charge is 0.220 e. The number of halogens is 1. The third kappa shape index (κ3) is 11.4. The fourth-order valence-corrected chi connectivity index (χ4v) is 2.28. The molecule has 5 nitrogen and oxygen atoms in total. The lowest BCUT2D eigenvalue weighted by molar-refractivity contribution is -0.121. The van der Waals surface area contributed by atoms with Crippen molar-refractivity contribution >= 4 is 35.8 Å². The molecule has 23 heavy (non-hydrogen) atoms. The van der Waals surface area contributed by atoms with Gasteiger partial charge in [-0.25, -0.2) is 0 Å². The molecule has 0 aromatic heterocycles. The fraction of sp³-hybridized carbons (Fsp3) is 0.765. The first-order valence-electron chi connectivity index (χ1n) is 8.49. The van der Waals surface area contributed by atoms with Gasteiger partial charge in [-0.05, 0) is 38.5 Å². The first kappa shape index (κ1) is 22.2. The first-order valence-corrected chi connectivity index (χ1v) is 8.49. The van der Waals surface area contributed by atoms with Crippen molar-refractivity contribution in [3.05, 3.63) is 12.7 Å². The first-order chi connectivity index (χ1) is 10.7. The molecular formula is C17H33IN4O. The Morgan fingerprint density at radius 2 is 2.04 bits per heavy atom. The van der Waals surface area contributed by atoms with Crippen molar-refractivity contribution in [1.82, 2.24) is 15.5 Å². The van der Waals surface area contributed by atoms with Gasteiger partial charge in [0, 0.05) is 39.6 Å². The number of carbonyl (C=O) groups is 1. The number of unbranched alkanes of at least 4 members (excludes halogenated alkanes) is 3. The SMILES string of the molecule is C=CCCCCCN(C)C(=NC)NCCCC(=O)NC1CC1.I. The van der Waals surface area contributed by atoms with Gasteiger partial charge in [-0.15, -0.1) is 30.6 Å². The van der Waals surface area contributed by atoms with Crippen LogP contribution in [0.2, 0.25) is 0 Å². The van der Waals surface area contributed by atoms with Gasteiger partial charge in [0.15, 0.2) is 5.96 Å². The van der Waals surface area contributed by atoms with Crippen LogP contribution in [0.4, 0.5) is 0 Å². The van der Waals surface area contributed by atoms with Crippen LogP contribution in [0.25, 0.3) is 0 Å². The van der Waals surface area contributed by atoms with Gasteiger partial charge in [-0.3, -0.25) is 9.79 Å². The van der Waals surface area contributed by atoms with Crippen LogP contribution in [-0.2, 0) is 4.79 Å². The van der Waals surface area contributed by atoms with E-state index in [2.05, 4.69) is 34.2 Å². The Morgan fingerprint density at radius 1 is 1.30 bits per heavy atom. The summed E-state index contributed by atoms with van der Waals surface area (Å²) in [6.45, 7) is 5.52. The lowest BCUT2D eigenvalue weighted by Gasteiger charge is -2.22. The summed E-state index contributed by atoms with van der Waals surface area (Å²) in [4.78, 5) is 18.0. The second kappa shape index (κ2) is 13.6. The number of carbonyl (C=O) groups excluding carboxylic acids is 1. The van der Waals surface area contributed by atoms with Crippen LogP contribution in [0.1, 0.15) is 51.4 Å². The van der Waals surface area contributed by atoms with Crippen LogP contribution in [0.15, 0.2) is 17.6 Å². The van der Waals surface area contributed by atoms with Crippen LogP contribution < -0.4 is 10.6 Å². The maximum Gasteiger partial charge on any atom is 0.220 e. The number of nitrogens with one attached hydrogen (secondary N) is 2. The zero-order valence-corrected chi connectivity index (χ0v) is 17.0. The quantitative estimate of drug-likeness (QED) is 0.172. The van der Waals surface area contributed by atoms with E-state index in [9.17, 15) is 4.79 Å². The van der Waals surface area contributed by atoms with E-state index in [-0.39, 0.29) is 29.9 Å². The molecule has 0 aromatic rings. The molecule has 0 saturated heterocycles. The molecule has 1 amide bonds. The molecule has 1 rings (SSSR count). The van der Waals surface area contributed by atoms with Crippen molar-refractivity contribution in [3.63, 3.8) is 0 Å². The molecule has 1 fully saturated rings. The van der Waals surface area contributed by atoms with Gasteiger partial charge >= 0.3 is 0 Å². The molecule has 6 heteroatoms. The molecule has 1 aliphatic rings. The number of allylic oxidation sites excluding steroid dienone is 1. The average molecular weight is 436 g/mol. The van der Waals surface area contributed by atoms with Crippen LogP contribution in [0, 0.1) is 0 Å². The van der Waals surface area contributed by atoms with Crippen LogP contribution in [0.5, 0.6) is 0 Å². The Balaban J connectivity index is 0.00000484. The normalized spacial score (nSPS) is 13.9. The van der Waals surface area contributed by atoms with Crippen molar-refractivity contribution in [2.75, 3.05) is 27.2 Å². The van der Waals surface area contributed by atoms with E-state index >= 15 is 0 Å². The second-order valence-electron chi connectivity index (χ2n) is 5.98. The topological polar surface area (TPSA) is 56.7 Å². The largest absolute Gasteiger partial charge is 0.356 e. The van der Waals surface area contributed by atoms with Crippen molar-refractivity contribution in [1.29, 1.82) is 0 Å². The molecule has 1 saturated carbocycles. The number of guanidine groups is 1. The van der Waals surface area contributed by atoms with Gasteiger partial charge < -0.3 is 15.5 Å². The predicted molar refractivity (Wildman–Crippen MR) is 108 cm³/mol. The average Bonchev–Trinajstić information content (AvgIpc) is 3.30. The Labute approximate surface area is 158 Å². The Bertz CT molecular complexity index is 370. The van der Waals surface area contributed by atoms with Crippen LogP contribution >= 0.6 is 24.0 Å². The number of hydrogen-bond acceptors (Lipinski definition) is 2. The number of aliphatic imine (C=N–C) groups is 1. The fourth-order valence-electron chi connectivity index (χ4n) is 2.28. The summed E-state index contributed by atoms with van der Waals surface area (Å²) in [5, 5.41) is 6.33. The van der Waals surface area contributed by atoms with E-state index in [1.54, 1.807) is 7.05 Å². The molecule has 0 radical (unpaired) electrons. The maximum absolute atomic E-state index is 11.6. The van der Waals surface area contributed by atoms with Gasteiger partial charge in [0.05, 0.1) is 0 Å². The molecule has 0 spiro atoms. The Morgan fingerprint density at radius 3 is 2.65 bits per heavy atom. The van der Waals surface area contributed by atoms with E-state index in [4.69, 9.17) is 0 Å². The van der Waals surface area contributed by atoms with Gasteiger partial charge in [0.25, 0.3) is 0 Å². The van der Waals surface area contributed by atoms with Crippen molar-refractivity contribution in [3.8, 4) is 0 Å². The molecule has 0 unspecified atom stereocenters. The van der Waals surface area contributed by atoms with Gasteiger partial charge in [-0.1, -0.05) is 12.5 Å². The molecule has 0 aliphatic heterocycles. The molecule has 1 aliphatic carbocycles. The minimum atomic E-state index is 0. The van der Waals surface area contributed by atoms with E-state index in [1.165, 1.54) is 12.8 Å². The highest BCUT2D eigenvalue weighted by molar-refractivity contribution is 14.0. The lowest BCUT2D eigenvalue weighted by Crippen LogP contribution is -2.40. The summed E-state index contributed by atoms with van der Waals surface area (Å²) in [5.41, 5.74) is 0. The molecule has 0 heterocycles. The van der Waals surface area contributed by atoms with E-state index in [0.717, 1.165) is 51.2 Å². The molecule has 134 valence electrons. The van der Waals surface area contributed by atoms with E-state index in [1.807, 2.05) is 6.08 Å². The number of hydrogen-bond donors (Lipinski definition) is 2. The lowest BCUT2D eigenvalue weighted by atomic mass is 10.2. The highest BCUT2D eigenvalue weighted by Crippen LogP contribution is 2.18. The summed E-state index contributed by atoms with van der Waals surface area (Å²) in [7, 11) is 3.86. The summed E-state index contributed by atoms with van der Waals surface area (Å²) in [6.07, 6.45) is 10.4. The molecule has 2 N–H and O–H groups in total. The third-order valence-corrected chi connectivity index (χ3v) is 3.78. The highest BCUT2D eigenvalue weighted by atomic mass is 127. The summed E-state index contributed by atoms with van der Waals surface area (Å²) < 4.78 is 0. The summed E-state index contributed by atoms with van der Waals surface area (Å²) >= 11 is 0. The van der Waals surface area contributed by atoms with E-state index < -0.39 is 0 Å². The Hall–Kier alpha value is -0.790. The number of amides is 1. The monoisotopic (exact) mass is 436 g/mol. The van der Waals surface area contributed by atoms with Crippen molar-refractivity contribution < 1.29 is 4.79 Å². The van der Waals surface area contributed by atoms with Crippen molar-refractivity contribution in [2.24, 2.45) is 4.99 Å². The minimum Gasteiger partial charge on any atom is -0.356 e. The second-order valence-corrected chi connectivity index (χ2v) is 5.98. The number of rotatable bonds is 11. The van der Waals surface area contributed by atoms with Crippen molar-refractivity contribution in [2.45, 2.75) is 57.4 Å². The van der Waals surface area contributed by atoms with Gasteiger partial charge in [0.1, 0.15) is 0 Å². The summed E-state index contributed by atoms with van der Waals surface area (Å²) in [5.74, 6) is 1.08. The predicted octanol–water partition coefficient (Wildman–Crippen LogP) is 2.92. The molecular weight excluding hydrogens is 403 g/mol. The zero-order chi connectivity index (χ0) is 16.2. The highest BCUT2D eigenvalue weighted by Gasteiger charge is 2.22. The third-order valence-electron chi connectivity index (χ3n) is 3.78. The van der Waals surface area contributed by atoms with Gasteiger partial charge in [0.2, 0.25) is 5.91 Å². The minimum absolute atomic E-state index is 0. The summed E-state index contributed by atoms with van der Waals surface area (Å²) in [6, 6.07) is 0.459. The van der Waals surface area contributed by atoms with E-state index in [0.29, 0.717) is 12.5 Å².